The van der Waals surface area contributed by atoms with Crippen LogP contribution in [0.4, 0.5) is 10.5 Å². The molecule has 3 rings (SSSR count). The van der Waals surface area contributed by atoms with Gasteiger partial charge in [0.15, 0.2) is 0 Å². The molecular formula is C20H20N4O3. The highest BCUT2D eigenvalue weighted by Gasteiger charge is 2.06. The Morgan fingerprint density at radius 2 is 1.67 bits per heavy atom. The van der Waals surface area contributed by atoms with Gasteiger partial charge in [0.05, 0.1) is 6.61 Å². The second-order valence-corrected chi connectivity index (χ2v) is 5.67. The molecule has 0 atom stereocenters. The van der Waals surface area contributed by atoms with E-state index < -0.39 is 0 Å². The topological polar surface area (TPSA) is 85.4 Å². The Kier molecular flexibility index (Phi) is 6.32. The van der Waals surface area contributed by atoms with Gasteiger partial charge in [-0.15, -0.1) is 0 Å². The van der Waals surface area contributed by atoms with Gasteiger partial charge in [-0.2, -0.15) is 0 Å². The zero-order valence-corrected chi connectivity index (χ0v) is 14.9. The molecule has 0 aliphatic rings. The minimum atomic E-state index is -0.290. The molecule has 0 fully saturated rings. The lowest BCUT2D eigenvalue weighted by Crippen LogP contribution is -2.28. The molecule has 27 heavy (non-hydrogen) atoms. The summed E-state index contributed by atoms with van der Waals surface area (Å²) in [4.78, 5) is 20.1. The molecule has 138 valence electrons. The van der Waals surface area contributed by atoms with E-state index in [1.54, 1.807) is 49.8 Å². The second kappa shape index (κ2) is 9.30. The lowest BCUT2D eigenvalue weighted by Gasteiger charge is -2.11. The van der Waals surface area contributed by atoms with E-state index >= 15 is 0 Å². The zero-order valence-electron chi connectivity index (χ0n) is 14.9. The molecule has 0 aliphatic heterocycles. The molecule has 2 amide bonds. The highest BCUT2D eigenvalue weighted by atomic mass is 16.5. The minimum Gasteiger partial charge on any atom is -0.424 e. The summed E-state index contributed by atoms with van der Waals surface area (Å²) < 4.78 is 10.7. The molecule has 0 radical (unpaired) electrons. The van der Waals surface area contributed by atoms with Crippen molar-refractivity contribution in [2.24, 2.45) is 0 Å². The summed E-state index contributed by atoms with van der Waals surface area (Å²) >= 11 is 0. The molecule has 0 bridgehead atoms. The first kappa shape index (κ1) is 18.3. The Bertz CT molecular complexity index is 870. The Labute approximate surface area is 157 Å². The highest BCUT2D eigenvalue weighted by Crippen LogP contribution is 2.19. The molecule has 7 heteroatoms. The van der Waals surface area contributed by atoms with E-state index in [-0.39, 0.29) is 12.0 Å². The van der Waals surface area contributed by atoms with Gasteiger partial charge in [0.2, 0.25) is 0 Å². The van der Waals surface area contributed by atoms with Crippen LogP contribution < -0.4 is 15.4 Å². The van der Waals surface area contributed by atoms with E-state index in [1.165, 1.54) is 0 Å². The van der Waals surface area contributed by atoms with Gasteiger partial charge in [-0.25, -0.2) is 14.8 Å². The smallest absolute Gasteiger partial charge is 0.321 e. The van der Waals surface area contributed by atoms with E-state index in [0.29, 0.717) is 24.6 Å². The van der Waals surface area contributed by atoms with Crippen LogP contribution >= 0.6 is 0 Å². The maximum atomic E-state index is 12.1. The van der Waals surface area contributed by atoms with Crippen molar-refractivity contribution < 1.29 is 14.3 Å². The number of amides is 2. The molecule has 1 aromatic heterocycles. The van der Waals surface area contributed by atoms with Crippen LogP contribution in [0.15, 0.2) is 67.0 Å². The van der Waals surface area contributed by atoms with Gasteiger partial charge in [0.1, 0.15) is 5.75 Å². The summed E-state index contributed by atoms with van der Waals surface area (Å²) in [5, 5.41) is 5.63. The van der Waals surface area contributed by atoms with E-state index in [9.17, 15) is 4.79 Å². The molecule has 0 spiro atoms. The Balaban J connectivity index is 1.52. The summed E-state index contributed by atoms with van der Waals surface area (Å²) in [5.41, 5.74) is 2.71. The number of rotatable bonds is 7. The van der Waals surface area contributed by atoms with Crippen molar-refractivity contribution in [3.05, 3.63) is 78.1 Å². The Morgan fingerprint density at radius 1 is 0.963 bits per heavy atom. The normalized spacial score (nSPS) is 10.3. The third-order valence-corrected chi connectivity index (χ3v) is 3.72. The van der Waals surface area contributed by atoms with Crippen molar-refractivity contribution in [2.75, 3.05) is 12.4 Å². The third-order valence-electron chi connectivity index (χ3n) is 3.72. The van der Waals surface area contributed by atoms with Crippen molar-refractivity contribution >= 4 is 11.7 Å². The van der Waals surface area contributed by atoms with Crippen LogP contribution in [0.5, 0.6) is 11.8 Å². The first-order valence-corrected chi connectivity index (χ1v) is 8.40. The van der Waals surface area contributed by atoms with E-state index in [2.05, 4.69) is 20.6 Å². The molecule has 3 aromatic rings. The number of urea groups is 1. The van der Waals surface area contributed by atoms with Gasteiger partial charge >= 0.3 is 12.0 Å². The van der Waals surface area contributed by atoms with Crippen LogP contribution in [0, 0.1) is 0 Å². The summed E-state index contributed by atoms with van der Waals surface area (Å²) in [7, 11) is 1.65. The number of ether oxygens (including phenoxy) is 2. The number of hydrogen-bond donors (Lipinski definition) is 2. The average molecular weight is 364 g/mol. The molecule has 0 aliphatic carbocycles. The second-order valence-electron chi connectivity index (χ2n) is 5.67. The van der Waals surface area contributed by atoms with E-state index in [0.717, 1.165) is 11.1 Å². The van der Waals surface area contributed by atoms with Crippen molar-refractivity contribution in [1.29, 1.82) is 0 Å². The maximum absolute atomic E-state index is 12.1. The van der Waals surface area contributed by atoms with Gasteiger partial charge in [0, 0.05) is 31.7 Å². The molecular weight excluding hydrogens is 344 g/mol. The van der Waals surface area contributed by atoms with Gasteiger partial charge < -0.3 is 20.1 Å². The number of nitrogens with one attached hydrogen (secondary N) is 2. The number of carbonyl (C=O) groups excluding carboxylic acids is 1. The molecule has 0 saturated carbocycles. The van der Waals surface area contributed by atoms with Crippen LogP contribution in [-0.4, -0.2) is 23.1 Å². The third kappa shape index (κ3) is 5.52. The highest BCUT2D eigenvalue weighted by molar-refractivity contribution is 5.89. The standard InChI is InChI=1S/C20H20N4O3/c1-26-14-16-6-3-2-5-15(16)13-23-19(25)24-17-7-9-18(10-8-17)27-20-21-11-4-12-22-20/h2-12H,13-14H2,1H3,(H2,23,24,25). The SMILES string of the molecule is COCc1ccccc1CNC(=O)Nc1ccc(Oc2ncccn2)cc1. The van der Waals surface area contributed by atoms with Crippen LogP contribution in [0.3, 0.4) is 0 Å². The lowest BCUT2D eigenvalue weighted by atomic mass is 10.1. The fourth-order valence-electron chi connectivity index (χ4n) is 2.43. The van der Waals surface area contributed by atoms with Crippen molar-refractivity contribution in [3.8, 4) is 11.8 Å². The molecule has 0 unspecified atom stereocenters. The largest absolute Gasteiger partial charge is 0.424 e. The van der Waals surface area contributed by atoms with Crippen LogP contribution in [0.2, 0.25) is 0 Å². The van der Waals surface area contributed by atoms with E-state index in [1.807, 2.05) is 24.3 Å². The Morgan fingerprint density at radius 3 is 2.37 bits per heavy atom. The number of benzene rings is 2. The van der Waals surface area contributed by atoms with Gasteiger partial charge in [-0.3, -0.25) is 0 Å². The predicted octanol–water partition coefficient (Wildman–Crippen LogP) is 3.74. The van der Waals surface area contributed by atoms with Crippen LogP contribution in [0.1, 0.15) is 11.1 Å². The number of nitrogens with zero attached hydrogens (tertiary/aromatic N) is 2. The van der Waals surface area contributed by atoms with Gasteiger partial charge in [0.25, 0.3) is 0 Å². The lowest BCUT2D eigenvalue weighted by molar-refractivity contribution is 0.184. The number of aromatic nitrogens is 2. The monoisotopic (exact) mass is 364 g/mol. The first-order valence-electron chi connectivity index (χ1n) is 8.40. The molecule has 0 saturated heterocycles. The van der Waals surface area contributed by atoms with Crippen molar-refractivity contribution in [1.82, 2.24) is 15.3 Å². The van der Waals surface area contributed by atoms with Crippen LogP contribution in [0.25, 0.3) is 0 Å². The van der Waals surface area contributed by atoms with Crippen molar-refractivity contribution in [3.63, 3.8) is 0 Å². The summed E-state index contributed by atoms with van der Waals surface area (Å²) in [6.07, 6.45) is 3.21. The Hall–Kier alpha value is -3.45. The van der Waals surface area contributed by atoms with Crippen molar-refractivity contribution in [2.45, 2.75) is 13.2 Å². The number of anilines is 1. The maximum Gasteiger partial charge on any atom is 0.321 e. The fourth-order valence-corrected chi connectivity index (χ4v) is 2.43. The first-order chi connectivity index (χ1) is 13.2. The summed E-state index contributed by atoms with van der Waals surface area (Å²) in [6.45, 7) is 0.921. The number of methoxy groups -OCH3 is 1. The predicted molar refractivity (Wildman–Crippen MR) is 102 cm³/mol. The summed E-state index contributed by atoms with van der Waals surface area (Å²) in [6, 6.07) is 16.5. The van der Waals surface area contributed by atoms with E-state index in [4.69, 9.17) is 9.47 Å². The molecule has 2 aromatic carbocycles. The fraction of sp³-hybridized carbons (Fsp3) is 0.150. The quantitative estimate of drug-likeness (QED) is 0.667. The number of carbonyl (C=O) groups is 1. The molecule has 2 N–H and O–H groups in total. The molecule has 7 nitrogen and oxygen atoms in total. The zero-order chi connectivity index (χ0) is 18.9. The average Bonchev–Trinajstić information content (AvgIpc) is 2.70. The molecule has 1 heterocycles. The van der Waals surface area contributed by atoms with Crippen LogP contribution in [-0.2, 0) is 17.9 Å². The van der Waals surface area contributed by atoms with Gasteiger partial charge in [-0.1, -0.05) is 24.3 Å². The van der Waals surface area contributed by atoms with Gasteiger partial charge in [-0.05, 0) is 41.5 Å². The number of hydrogen-bond acceptors (Lipinski definition) is 5. The summed E-state index contributed by atoms with van der Waals surface area (Å²) in [5.74, 6) is 0.584. The minimum absolute atomic E-state index is 0.269.